The minimum absolute atomic E-state index is 0.0673. The van der Waals surface area contributed by atoms with Crippen molar-refractivity contribution in [3.05, 3.63) is 17.7 Å². The lowest BCUT2D eigenvalue weighted by Gasteiger charge is -2.19. The van der Waals surface area contributed by atoms with Crippen LogP contribution in [0.5, 0.6) is 0 Å². The summed E-state index contributed by atoms with van der Waals surface area (Å²) < 4.78 is 1.42. The van der Waals surface area contributed by atoms with Gasteiger partial charge in [-0.15, -0.1) is 0 Å². The molecule has 7 heteroatoms. The van der Waals surface area contributed by atoms with Crippen LogP contribution in [0.25, 0.3) is 0 Å². The van der Waals surface area contributed by atoms with E-state index in [1.54, 1.807) is 7.05 Å². The van der Waals surface area contributed by atoms with Crippen LogP contribution in [0.1, 0.15) is 29.3 Å². The molecule has 1 aromatic heterocycles. The van der Waals surface area contributed by atoms with Crippen LogP contribution in [-0.4, -0.2) is 54.6 Å². The number of aliphatic hydroxyl groups is 4. The third-order valence-corrected chi connectivity index (χ3v) is 2.42. The van der Waals surface area contributed by atoms with Crippen LogP contribution in [0.4, 0.5) is 0 Å². The number of aryl methyl sites for hydroxylation is 1. The lowest BCUT2D eigenvalue weighted by atomic mass is 10.1. The fraction of sp³-hybridized carbons (Fsp3) is 0.600. The first kappa shape index (κ1) is 13.8. The van der Waals surface area contributed by atoms with Crippen molar-refractivity contribution in [2.24, 2.45) is 7.05 Å². The van der Waals surface area contributed by atoms with Gasteiger partial charge < -0.3 is 25.0 Å². The molecule has 4 N–H and O–H groups in total. The first-order valence-corrected chi connectivity index (χ1v) is 5.07. The third-order valence-electron chi connectivity index (χ3n) is 2.42. The number of hydrogen-bond donors (Lipinski definition) is 4. The number of carbonyl (C=O) groups excluding carboxylic acids is 1. The van der Waals surface area contributed by atoms with Gasteiger partial charge in [-0.05, 0) is 0 Å². The van der Waals surface area contributed by atoms with Gasteiger partial charge in [0, 0.05) is 20.2 Å². The summed E-state index contributed by atoms with van der Waals surface area (Å²) in [4.78, 5) is 15.0. The molecule has 0 radical (unpaired) electrons. The van der Waals surface area contributed by atoms with Crippen LogP contribution < -0.4 is 0 Å². The molecule has 17 heavy (non-hydrogen) atoms. The quantitative estimate of drug-likeness (QED) is 0.462. The highest BCUT2D eigenvalue weighted by Gasteiger charge is 2.28. The Morgan fingerprint density at radius 1 is 1.47 bits per heavy atom. The molecule has 0 aliphatic rings. The summed E-state index contributed by atoms with van der Waals surface area (Å²) in [7, 11) is 1.58. The molecule has 1 aromatic rings. The molecule has 0 bridgehead atoms. The molecule has 0 amide bonds. The summed E-state index contributed by atoms with van der Waals surface area (Å²) in [6, 6.07) is 0. The smallest absolute Gasteiger partial charge is 0.195 e. The van der Waals surface area contributed by atoms with Gasteiger partial charge in [0.25, 0.3) is 0 Å². The predicted octanol–water partition coefficient (Wildman–Crippen LogP) is -1.63. The van der Waals surface area contributed by atoms with Crippen LogP contribution in [0.3, 0.4) is 0 Å². The molecule has 0 saturated carbocycles. The molecular weight excluding hydrogens is 228 g/mol. The zero-order valence-electron chi connectivity index (χ0n) is 9.61. The summed E-state index contributed by atoms with van der Waals surface area (Å²) in [5.41, 5.74) is 0.0673. The van der Waals surface area contributed by atoms with Gasteiger partial charge >= 0.3 is 0 Å². The molecule has 3 atom stereocenters. The van der Waals surface area contributed by atoms with E-state index in [1.165, 1.54) is 17.7 Å². The molecule has 0 aromatic carbocycles. The summed E-state index contributed by atoms with van der Waals surface area (Å²) >= 11 is 0. The lowest BCUT2D eigenvalue weighted by molar-refractivity contribution is -0.0788. The number of hydrogen-bond acceptors (Lipinski definition) is 6. The summed E-state index contributed by atoms with van der Waals surface area (Å²) in [5, 5.41) is 37.0. The van der Waals surface area contributed by atoms with E-state index in [1.807, 2.05) is 0 Å². The molecule has 1 rings (SSSR count). The topological polar surface area (TPSA) is 116 Å². The van der Waals surface area contributed by atoms with Gasteiger partial charge in [0.05, 0.1) is 12.3 Å². The van der Waals surface area contributed by atoms with Crippen molar-refractivity contribution in [2.45, 2.75) is 25.2 Å². The van der Waals surface area contributed by atoms with Crippen molar-refractivity contribution in [1.29, 1.82) is 0 Å². The van der Waals surface area contributed by atoms with Crippen molar-refractivity contribution in [3.63, 3.8) is 0 Å². The Labute approximate surface area is 98.0 Å². The minimum Gasteiger partial charge on any atom is -0.394 e. The largest absolute Gasteiger partial charge is 0.394 e. The SMILES string of the molecule is CC(=O)c1nc([C@@H](O)C(O)[C@H](O)CO)cn1C. The Kier molecular flexibility index (Phi) is 4.35. The van der Waals surface area contributed by atoms with Gasteiger partial charge in [-0.3, -0.25) is 4.79 Å². The Hall–Kier alpha value is -1.28. The highest BCUT2D eigenvalue weighted by molar-refractivity contribution is 5.90. The molecule has 0 fully saturated rings. The number of nitrogens with zero attached hydrogens (tertiary/aromatic N) is 2. The fourth-order valence-corrected chi connectivity index (χ4v) is 1.45. The third kappa shape index (κ3) is 2.89. The zero-order valence-corrected chi connectivity index (χ0v) is 9.61. The number of rotatable bonds is 5. The molecule has 0 saturated heterocycles. The second kappa shape index (κ2) is 5.37. The van der Waals surface area contributed by atoms with Crippen LogP contribution in [-0.2, 0) is 7.05 Å². The molecule has 7 nitrogen and oxygen atoms in total. The van der Waals surface area contributed by atoms with Crippen molar-refractivity contribution in [1.82, 2.24) is 9.55 Å². The predicted molar refractivity (Wildman–Crippen MR) is 57.3 cm³/mol. The van der Waals surface area contributed by atoms with Crippen LogP contribution in [0, 0.1) is 0 Å². The van der Waals surface area contributed by atoms with Crippen molar-refractivity contribution in [2.75, 3.05) is 6.61 Å². The maximum absolute atomic E-state index is 11.1. The van der Waals surface area contributed by atoms with E-state index in [0.29, 0.717) is 0 Å². The fourth-order valence-electron chi connectivity index (χ4n) is 1.45. The van der Waals surface area contributed by atoms with E-state index in [0.717, 1.165) is 0 Å². The summed E-state index contributed by atoms with van der Waals surface area (Å²) in [6.07, 6.45) is -3.10. The van der Waals surface area contributed by atoms with Gasteiger partial charge in [0.15, 0.2) is 11.6 Å². The van der Waals surface area contributed by atoms with Crippen LogP contribution in [0.2, 0.25) is 0 Å². The molecule has 0 aliphatic heterocycles. The van der Waals surface area contributed by atoms with Crippen molar-refractivity contribution >= 4 is 5.78 Å². The Morgan fingerprint density at radius 3 is 2.47 bits per heavy atom. The van der Waals surface area contributed by atoms with Crippen LogP contribution >= 0.6 is 0 Å². The second-order valence-electron chi connectivity index (χ2n) is 3.84. The minimum atomic E-state index is -1.56. The van der Waals surface area contributed by atoms with Crippen molar-refractivity contribution < 1.29 is 25.2 Å². The maximum Gasteiger partial charge on any atom is 0.195 e. The molecule has 1 heterocycles. The molecule has 96 valence electrons. The van der Waals surface area contributed by atoms with E-state index in [-0.39, 0.29) is 17.3 Å². The van der Waals surface area contributed by atoms with E-state index in [4.69, 9.17) is 5.11 Å². The average molecular weight is 244 g/mol. The summed E-state index contributed by atoms with van der Waals surface area (Å²) in [6.45, 7) is 0.655. The Morgan fingerprint density at radius 2 is 2.06 bits per heavy atom. The number of imidazole rings is 1. The number of aliphatic hydroxyl groups excluding tert-OH is 4. The molecule has 1 unspecified atom stereocenters. The van der Waals surface area contributed by atoms with E-state index >= 15 is 0 Å². The normalized spacial score (nSPS) is 16.6. The molecule has 0 aliphatic carbocycles. The van der Waals surface area contributed by atoms with Gasteiger partial charge in [0.2, 0.25) is 0 Å². The van der Waals surface area contributed by atoms with E-state index < -0.39 is 24.9 Å². The van der Waals surface area contributed by atoms with Gasteiger partial charge in [-0.2, -0.15) is 0 Å². The van der Waals surface area contributed by atoms with Gasteiger partial charge in [0.1, 0.15) is 18.3 Å². The van der Waals surface area contributed by atoms with Gasteiger partial charge in [-0.1, -0.05) is 0 Å². The maximum atomic E-state index is 11.1. The van der Waals surface area contributed by atoms with Crippen LogP contribution in [0.15, 0.2) is 6.20 Å². The Balaban J connectivity index is 2.93. The first-order chi connectivity index (χ1) is 7.88. The van der Waals surface area contributed by atoms with E-state index in [9.17, 15) is 20.1 Å². The number of carbonyl (C=O) groups is 1. The lowest BCUT2D eigenvalue weighted by Crippen LogP contribution is -2.34. The summed E-state index contributed by atoms with van der Waals surface area (Å²) in [5.74, 6) is -0.132. The highest BCUT2D eigenvalue weighted by atomic mass is 16.4. The standard InChI is InChI=1S/C10H16N2O5/c1-5(14)10-11-6(3-12(10)2)8(16)9(17)7(15)4-13/h3,7-9,13,15-17H,4H2,1-2H3/t7-,8-,9?/m1/s1. The monoisotopic (exact) mass is 244 g/mol. The number of aromatic nitrogens is 2. The highest BCUT2D eigenvalue weighted by Crippen LogP contribution is 2.18. The average Bonchev–Trinajstić information content (AvgIpc) is 2.68. The first-order valence-electron chi connectivity index (χ1n) is 5.07. The van der Waals surface area contributed by atoms with Gasteiger partial charge in [-0.25, -0.2) is 4.98 Å². The number of ketones is 1. The zero-order chi connectivity index (χ0) is 13.2. The second-order valence-corrected chi connectivity index (χ2v) is 3.84. The molecule has 0 spiro atoms. The van der Waals surface area contributed by atoms with E-state index in [2.05, 4.69) is 4.98 Å². The molecular formula is C10H16N2O5. The Bertz CT molecular complexity index is 403. The number of Topliss-reactive ketones (excluding diaryl/α,β-unsaturated/α-hetero) is 1. The van der Waals surface area contributed by atoms with Crippen molar-refractivity contribution in [3.8, 4) is 0 Å².